The number of carbonyl (C=O) groups excluding carboxylic acids is 1. The van der Waals surface area contributed by atoms with Gasteiger partial charge in [-0.1, -0.05) is 0 Å². The van der Waals surface area contributed by atoms with Gasteiger partial charge in [0.15, 0.2) is 5.65 Å². The molecular weight excluding hydrogens is 312 g/mol. The smallest absolute Gasteiger partial charge is 0.319 e. The van der Waals surface area contributed by atoms with Crippen molar-refractivity contribution in [2.45, 2.75) is 20.3 Å². The largest absolute Gasteiger partial charge is 0.337 e. The van der Waals surface area contributed by atoms with Crippen LogP contribution in [0, 0.1) is 13.8 Å². The van der Waals surface area contributed by atoms with Crippen molar-refractivity contribution in [3.8, 4) is 0 Å². The van der Waals surface area contributed by atoms with Gasteiger partial charge in [-0.3, -0.25) is 4.68 Å². The highest BCUT2D eigenvalue weighted by Gasteiger charge is 2.09. The third kappa shape index (κ3) is 3.48. The van der Waals surface area contributed by atoms with Gasteiger partial charge in [0.05, 0.1) is 22.6 Å². The van der Waals surface area contributed by atoms with Gasteiger partial charge in [-0.2, -0.15) is 5.10 Å². The zero-order valence-electron chi connectivity index (χ0n) is 13.3. The number of aromatic nitrogens is 4. The third-order valence-corrected chi connectivity index (χ3v) is 4.44. The molecule has 3 aromatic rings. The molecule has 3 aromatic heterocycles. The van der Waals surface area contributed by atoms with Crippen molar-refractivity contribution in [2.75, 3.05) is 11.9 Å². The van der Waals surface area contributed by atoms with Crippen LogP contribution in [0.5, 0.6) is 0 Å². The van der Waals surface area contributed by atoms with E-state index in [9.17, 15) is 4.79 Å². The summed E-state index contributed by atoms with van der Waals surface area (Å²) < 4.78 is 1.73. The molecule has 3 heterocycles. The van der Waals surface area contributed by atoms with E-state index in [0.29, 0.717) is 12.2 Å². The van der Waals surface area contributed by atoms with Gasteiger partial charge in [-0.15, -0.1) is 11.3 Å². The van der Waals surface area contributed by atoms with E-state index in [1.807, 2.05) is 32.3 Å². The lowest BCUT2D eigenvalue weighted by Crippen LogP contribution is -2.30. The van der Waals surface area contributed by atoms with Crippen LogP contribution in [-0.2, 0) is 13.5 Å². The second-order valence-electron chi connectivity index (χ2n) is 5.32. The maximum atomic E-state index is 11.9. The van der Waals surface area contributed by atoms with Gasteiger partial charge < -0.3 is 10.6 Å². The Balaban J connectivity index is 1.58. The van der Waals surface area contributed by atoms with Crippen LogP contribution in [0.4, 0.5) is 10.5 Å². The zero-order valence-corrected chi connectivity index (χ0v) is 14.1. The summed E-state index contributed by atoms with van der Waals surface area (Å²) in [5.74, 6) is 0. The minimum atomic E-state index is -0.249. The molecule has 2 amide bonds. The molecule has 0 unspecified atom stereocenters. The monoisotopic (exact) mass is 330 g/mol. The molecule has 8 heteroatoms. The molecule has 0 aliphatic heterocycles. The second-order valence-corrected chi connectivity index (χ2v) is 6.26. The molecular formula is C15H18N6OS. The van der Waals surface area contributed by atoms with E-state index in [2.05, 4.69) is 25.7 Å². The molecule has 0 spiro atoms. The fraction of sp³-hybridized carbons (Fsp3) is 0.333. The van der Waals surface area contributed by atoms with Crippen LogP contribution in [0.1, 0.15) is 16.4 Å². The van der Waals surface area contributed by atoms with Crippen LogP contribution >= 0.6 is 11.3 Å². The van der Waals surface area contributed by atoms with Crippen molar-refractivity contribution in [3.05, 3.63) is 34.0 Å². The van der Waals surface area contributed by atoms with Crippen LogP contribution in [0.3, 0.4) is 0 Å². The Morgan fingerprint density at radius 2 is 2.22 bits per heavy atom. The first-order valence-electron chi connectivity index (χ1n) is 7.28. The average Bonchev–Trinajstić information content (AvgIpc) is 3.03. The summed E-state index contributed by atoms with van der Waals surface area (Å²) in [4.78, 5) is 20.6. The summed E-state index contributed by atoms with van der Waals surface area (Å²) in [6, 6.07) is 1.63. The number of amides is 2. The molecule has 0 aliphatic rings. The molecule has 0 radical (unpaired) electrons. The van der Waals surface area contributed by atoms with Gasteiger partial charge in [0.1, 0.15) is 0 Å². The number of anilines is 1. The van der Waals surface area contributed by atoms with Gasteiger partial charge in [0, 0.05) is 36.5 Å². The van der Waals surface area contributed by atoms with E-state index < -0.39 is 0 Å². The number of fused-ring (bicyclic) bond motifs is 1. The van der Waals surface area contributed by atoms with Gasteiger partial charge in [0.25, 0.3) is 0 Å². The first kappa shape index (κ1) is 15.4. The Hall–Kier alpha value is -2.48. The SMILES string of the molecule is Cc1csc(CCNC(=O)Nc2cnc3c(c2)c(C)nn3C)n1. The second kappa shape index (κ2) is 6.33. The third-order valence-electron chi connectivity index (χ3n) is 3.41. The van der Waals surface area contributed by atoms with Crippen LogP contribution in [0.15, 0.2) is 17.6 Å². The van der Waals surface area contributed by atoms with Crippen LogP contribution in [0.25, 0.3) is 11.0 Å². The van der Waals surface area contributed by atoms with Crippen LogP contribution < -0.4 is 10.6 Å². The number of carbonyl (C=O) groups is 1. The van der Waals surface area contributed by atoms with E-state index in [1.165, 1.54) is 0 Å². The summed E-state index contributed by atoms with van der Waals surface area (Å²) in [6.45, 7) is 4.42. The zero-order chi connectivity index (χ0) is 16.4. The molecule has 0 fully saturated rings. The molecule has 23 heavy (non-hydrogen) atoms. The molecule has 0 bridgehead atoms. The van der Waals surface area contributed by atoms with Crippen molar-refractivity contribution in [2.24, 2.45) is 7.05 Å². The quantitative estimate of drug-likeness (QED) is 0.769. The average molecular weight is 330 g/mol. The van der Waals surface area contributed by atoms with Crippen LogP contribution in [-0.4, -0.2) is 32.3 Å². The number of pyridine rings is 1. The molecule has 0 saturated heterocycles. The Bertz CT molecular complexity index is 853. The van der Waals surface area contributed by atoms with Gasteiger partial charge >= 0.3 is 6.03 Å². The molecule has 0 atom stereocenters. The molecule has 0 saturated carbocycles. The van der Waals surface area contributed by atoms with E-state index in [4.69, 9.17) is 0 Å². The fourth-order valence-electron chi connectivity index (χ4n) is 2.35. The topological polar surface area (TPSA) is 84.7 Å². The first-order chi connectivity index (χ1) is 11.0. The van der Waals surface area contributed by atoms with E-state index in [-0.39, 0.29) is 6.03 Å². The molecule has 3 rings (SSSR count). The number of nitrogens with one attached hydrogen (secondary N) is 2. The summed E-state index contributed by atoms with van der Waals surface area (Å²) in [5.41, 5.74) is 3.35. The Morgan fingerprint density at radius 3 is 2.96 bits per heavy atom. The van der Waals surface area contributed by atoms with Crippen molar-refractivity contribution in [1.29, 1.82) is 0 Å². The van der Waals surface area contributed by atoms with E-state index in [0.717, 1.165) is 33.8 Å². The summed E-state index contributed by atoms with van der Waals surface area (Å²) in [7, 11) is 1.85. The number of aryl methyl sites for hydroxylation is 3. The fourth-order valence-corrected chi connectivity index (χ4v) is 3.13. The lowest BCUT2D eigenvalue weighted by atomic mass is 10.2. The normalized spacial score (nSPS) is 10.9. The minimum Gasteiger partial charge on any atom is -0.337 e. The molecule has 0 aromatic carbocycles. The number of hydrogen-bond acceptors (Lipinski definition) is 5. The lowest BCUT2D eigenvalue weighted by Gasteiger charge is -2.07. The Morgan fingerprint density at radius 1 is 1.39 bits per heavy atom. The molecule has 0 aliphatic carbocycles. The summed E-state index contributed by atoms with van der Waals surface area (Å²) in [5, 5.41) is 13.9. The van der Waals surface area contributed by atoms with Gasteiger partial charge in [-0.05, 0) is 19.9 Å². The number of thiazole rings is 1. The van der Waals surface area contributed by atoms with Crippen molar-refractivity contribution < 1.29 is 4.79 Å². The number of urea groups is 1. The number of nitrogens with zero attached hydrogens (tertiary/aromatic N) is 4. The van der Waals surface area contributed by atoms with Crippen molar-refractivity contribution >= 4 is 34.1 Å². The minimum absolute atomic E-state index is 0.249. The predicted octanol–water partition coefficient (Wildman–Crippen LogP) is 2.41. The molecule has 120 valence electrons. The highest BCUT2D eigenvalue weighted by atomic mass is 32.1. The molecule has 2 N–H and O–H groups in total. The van der Waals surface area contributed by atoms with Crippen molar-refractivity contribution in [3.63, 3.8) is 0 Å². The van der Waals surface area contributed by atoms with E-state index in [1.54, 1.807) is 22.2 Å². The van der Waals surface area contributed by atoms with E-state index >= 15 is 0 Å². The standard InChI is InChI=1S/C15H18N6OS/c1-9-8-23-13(18-9)4-5-16-15(22)19-11-6-12-10(2)20-21(3)14(12)17-7-11/h6-8H,4-5H2,1-3H3,(H2,16,19,22). The van der Waals surface area contributed by atoms with Gasteiger partial charge in [0.2, 0.25) is 0 Å². The maximum absolute atomic E-state index is 11.9. The highest BCUT2D eigenvalue weighted by molar-refractivity contribution is 7.09. The lowest BCUT2D eigenvalue weighted by molar-refractivity contribution is 0.252. The maximum Gasteiger partial charge on any atom is 0.319 e. The Labute approximate surface area is 137 Å². The number of hydrogen-bond donors (Lipinski definition) is 2. The first-order valence-corrected chi connectivity index (χ1v) is 8.16. The highest BCUT2D eigenvalue weighted by Crippen LogP contribution is 2.19. The van der Waals surface area contributed by atoms with Crippen molar-refractivity contribution in [1.82, 2.24) is 25.1 Å². The summed E-state index contributed by atoms with van der Waals surface area (Å²) in [6.07, 6.45) is 2.36. The summed E-state index contributed by atoms with van der Waals surface area (Å²) >= 11 is 1.61. The number of rotatable bonds is 4. The molecule has 7 nitrogen and oxygen atoms in total. The Kier molecular flexibility index (Phi) is 4.24. The van der Waals surface area contributed by atoms with Crippen LogP contribution in [0.2, 0.25) is 0 Å². The predicted molar refractivity (Wildman–Crippen MR) is 90.8 cm³/mol. The van der Waals surface area contributed by atoms with Gasteiger partial charge in [-0.25, -0.2) is 14.8 Å².